The predicted molar refractivity (Wildman–Crippen MR) is 105 cm³/mol. The minimum absolute atomic E-state index is 0.898. The molecule has 0 radical (unpaired) electrons. The van der Waals surface area contributed by atoms with Crippen molar-refractivity contribution < 1.29 is 9.90 Å². The maximum absolute atomic E-state index is 10.1. The maximum Gasteiger partial charge on any atom is 0.328 e. The number of carbonyl (C=O) groups is 1. The van der Waals surface area contributed by atoms with Gasteiger partial charge in [0.05, 0.1) is 0 Å². The Bertz CT molecular complexity index is 763. The van der Waals surface area contributed by atoms with Crippen LogP contribution in [0.25, 0.3) is 18.2 Å². The lowest BCUT2D eigenvalue weighted by atomic mass is 10.1. The van der Waals surface area contributed by atoms with E-state index in [9.17, 15) is 4.79 Å². The van der Waals surface area contributed by atoms with E-state index < -0.39 is 5.97 Å². The predicted octanol–water partition coefficient (Wildman–Crippen LogP) is 5.64. The number of benzene rings is 3. The molecule has 2 heteroatoms. The molecule has 0 aliphatic carbocycles. The third kappa shape index (κ3) is 7.62. The van der Waals surface area contributed by atoms with Crippen LogP contribution >= 0.6 is 0 Å². The topological polar surface area (TPSA) is 37.3 Å². The van der Waals surface area contributed by atoms with E-state index >= 15 is 0 Å². The number of hydrogen-bond acceptors (Lipinski definition) is 1. The Morgan fingerprint density at radius 1 is 0.560 bits per heavy atom. The van der Waals surface area contributed by atoms with Crippen LogP contribution in [0, 0.1) is 0 Å². The van der Waals surface area contributed by atoms with E-state index in [1.807, 2.05) is 66.7 Å². The van der Waals surface area contributed by atoms with Crippen LogP contribution in [0.15, 0.2) is 97.1 Å². The molecule has 0 aromatic heterocycles. The normalized spacial score (nSPS) is 10.4. The molecule has 0 saturated heterocycles. The Balaban J connectivity index is 0.000000186. The van der Waals surface area contributed by atoms with Gasteiger partial charge in [0.25, 0.3) is 0 Å². The average molecular weight is 328 g/mol. The number of carboxylic acids is 1. The van der Waals surface area contributed by atoms with Crippen LogP contribution in [-0.4, -0.2) is 11.1 Å². The largest absolute Gasteiger partial charge is 0.478 e. The van der Waals surface area contributed by atoms with Crippen molar-refractivity contribution in [2.24, 2.45) is 0 Å². The zero-order chi connectivity index (χ0) is 17.7. The molecule has 0 saturated carbocycles. The number of aliphatic carboxylic acids is 1. The van der Waals surface area contributed by atoms with E-state index in [1.165, 1.54) is 11.1 Å². The van der Waals surface area contributed by atoms with Gasteiger partial charge in [0.15, 0.2) is 0 Å². The Labute approximate surface area is 148 Å². The highest BCUT2D eigenvalue weighted by Gasteiger charge is 1.86. The van der Waals surface area contributed by atoms with E-state index in [0.29, 0.717) is 0 Å². The first-order chi connectivity index (χ1) is 12.2. The third-order valence-corrected chi connectivity index (χ3v) is 3.29. The van der Waals surface area contributed by atoms with Crippen LogP contribution in [0.4, 0.5) is 0 Å². The van der Waals surface area contributed by atoms with Crippen LogP contribution in [0.2, 0.25) is 0 Å². The molecule has 0 atom stereocenters. The summed E-state index contributed by atoms with van der Waals surface area (Å²) >= 11 is 0. The van der Waals surface area contributed by atoms with Gasteiger partial charge >= 0.3 is 5.97 Å². The highest BCUT2D eigenvalue weighted by atomic mass is 16.4. The van der Waals surface area contributed by atoms with Crippen molar-refractivity contribution in [3.8, 4) is 0 Å². The molecule has 2 nitrogen and oxygen atoms in total. The number of carboxylic acid groups (broad SMARTS) is 1. The second kappa shape index (κ2) is 10.4. The molecular formula is C23H20O2. The molecule has 0 heterocycles. The molecule has 3 aromatic rings. The van der Waals surface area contributed by atoms with Gasteiger partial charge in [-0.15, -0.1) is 0 Å². The van der Waals surface area contributed by atoms with Gasteiger partial charge in [0.1, 0.15) is 0 Å². The van der Waals surface area contributed by atoms with Crippen LogP contribution < -0.4 is 0 Å². The summed E-state index contributed by atoms with van der Waals surface area (Å²) in [5.74, 6) is -0.922. The van der Waals surface area contributed by atoms with Crippen LogP contribution in [0.5, 0.6) is 0 Å². The molecule has 0 unspecified atom stereocenters. The fourth-order valence-electron chi connectivity index (χ4n) is 2.05. The van der Waals surface area contributed by atoms with Gasteiger partial charge in [0.2, 0.25) is 0 Å². The van der Waals surface area contributed by atoms with Gasteiger partial charge in [-0.3, -0.25) is 0 Å². The van der Waals surface area contributed by atoms with Gasteiger partial charge in [-0.1, -0.05) is 103 Å². The van der Waals surface area contributed by atoms with Crippen molar-refractivity contribution in [3.63, 3.8) is 0 Å². The fraction of sp³-hybridized carbons (Fsp3) is 0. The van der Waals surface area contributed by atoms with Crippen LogP contribution in [-0.2, 0) is 4.79 Å². The lowest BCUT2D eigenvalue weighted by molar-refractivity contribution is -0.131. The van der Waals surface area contributed by atoms with Gasteiger partial charge in [-0.25, -0.2) is 4.79 Å². The quantitative estimate of drug-likeness (QED) is 0.497. The third-order valence-electron chi connectivity index (χ3n) is 3.29. The minimum Gasteiger partial charge on any atom is -0.478 e. The van der Waals surface area contributed by atoms with E-state index in [4.69, 9.17) is 5.11 Å². The maximum atomic E-state index is 10.1. The summed E-state index contributed by atoms with van der Waals surface area (Å²) in [6.07, 6.45) is 6.92. The first kappa shape index (κ1) is 18.0. The highest BCUT2D eigenvalue weighted by molar-refractivity contribution is 5.85. The molecule has 0 aliphatic heterocycles. The van der Waals surface area contributed by atoms with E-state index in [0.717, 1.165) is 11.6 Å². The summed E-state index contributed by atoms with van der Waals surface area (Å²) in [5.41, 5.74) is 3.36. The molecule has 0 bridgehead atoms. The highest BCUT2D eigenvalue weighted by Crippen LogP contribution is 2.07. The summed E-state index contributed by atoms with van der Waals surface area (Å²) in [6.45, 7) is 0. The van der Waals surface area contributed by atoms with E-state index in [2.05, 4.69) is 36.4 Å². The average Bonchev–Trinajstić information content (AvgIpc) is 2.68. The summed E-state index contributed by atoms with van der Waals surface area (Å²) < 4.78 is 0. The molecule has 1 N–H and O–H groups in total. The number of rotatable bonds is 4. The summed E-state index contributed by atoms with van der Waals surface area (Å²) in [4.78, 5) is 10.1. The zero-order valence-electron chi connectivity index (χ0n) is 13.8. The summed E-state index contributed by atoms with van der Waals surface area (Å²) in [7, 11) is 0. The molecule has 0 amide bonds. The van der Waals surface area contributed by atoms with E-state index in [-0.39, 0.29) is 0 Å². The lowest BCUT2D eigenvalue weighted by Gasteiger charge is -1.92. The molecule has 0 aliphatic rings. The zero-order valence-corrected chi connectivity index (χ0v) is 13.8. The Kier molecular flexibility index (Phi) is 7.47. The molecule has 0 spiro atoms. The van der Waals surface area contributed by atoms with Crippen molar-refractivity contribution in [2.75, 3.05) is 0 Å². The monoisotopic (exact) mass is 328 g/mol. The summed E-state index contributed by atoms with van der Waals surface area (Å²) in [6, 6.07) is 29.9. The Morgan fingerprint density at radius 3 is 1.20 bits per heavy atom. The van der Waals surface area contributed by atoms with Crippen molar-refractivity contribution in [1.29, 1.82) is 0 Å². The van der Waals surface area contributed by atoms with Crippen molar-refractivity contribution in [1.82, 2.24) is 0 Å². The SMILES string of the molecule is C(=C\c1ccccc1)/c1ccccc1.O=C(O)/C=C/c1ccccc1. The smallest absolute Gasteiger partial charge is 0.328 e. The second-order valence-electron chi connectivity index (χ2n) is 5.24. The molecule has 0 fully saturated rings. The van der Waals surface area contributed by atoms with Crippen molar-refractivity contribution in [2.45, 2.75) is 0 Å². The number of hydrogen-bond donors (Lipinski definition) is 1. The summed E-state index contributed by atoms with van der Waals surface area (Å²) in [5, 5.41) is 8.29. The molecule has 3 rings (SSSR count). The van der Waals surface area contributed by atoms with Crippen molar-refractivity contribution in [3.05, 3.63) is 114 Å². The first-order valence-electron chi connectivity index (χ1n) is 7.98. The van der Waals surface area contributed by atoms with Gasteiger partial charge in [0, 0.05) is 6.08 Å². The van der Waals surface area contributed by atoms with E-state index in [1.54, 1.807) is 6.08 Å². The molecule has 124 valence electrons. The van der Waals surface area contributed by atoms with Crippen LogP contribution in [0.1, 0.15) is 16.7 Å². The van der Waals surface area contributed by atoms with Crippen LogP contribution in [0.3, 0.4) is 0 Å². The molecule has 3 aromatic carbocycles. The Morgan fingerprint density at radius 2 is 0.880 bits per heavy atom. The minimum atomic E-state index is -0.922. The van der Waals surface area contributed by atoms with Crippen molar-refractivity contribution >= 4 is 24.2 Å². The lowest BCUT2D eigenvalue weighted by Crippen LogP contribution is -1.85. The van der Waals surface area contributed by atoms with Gasteiger partial charge in [-0.05, 0) is 22.8 Å². The second-order valence-corrected chi connectivity index (χ2v) is 5.24. The Hall–Kier alpha value is -3.39. The standard InChI is InChI=1S/C14H12.C9H8O2/c1-3-7-13(8-4-1)11-12-14-9-5-2-6-10-14;10-9(11)7-6-8-4-2-1-3-5-8/h1-12H;1-7H,(H,10,11)/b12-11+;7-6+. The van der Waals surface area contributed by atoms with Gasteiger partial charge in [-0.2, -0.15) is 0 Å². The van der Waals surface area contributed by atoms with Gasteiger partial charge < -0.3 is 5.11 Å². The first-order valence-corrected chi connectivity index (χ1v) is 7.98. The molecular weight excluding hydrogens is 308 g/mol. The molecule has 25 heavy (non-hydrogen) atoms. The fourth-order valence-corrected chi connectivity index (χ4v) is 2.05.